The van der Waals surface area contributed by atoms with Gasteiger partial charge >= 0.3 is 0 Å². The second-order valence-corrected chi connectivity index (χ2v) is 5.90. The average Bonchev–Trinajstić information content (AvgIpc) is 2.77. The van der Waals surface area contributed by atoms with Gasteiger partial charge in [0, 0.05) is 22.8 Å². The van der Waals surface area contributed by atoms with Crippen LogP contribution in [0, 0.1) is 0 Å². The lowest BCUT2D eigenvalue weighted by atomic mass is 10.0. The van der Waals surface area contributed by atoms with Crippen LogP contribution in [0.5, 0.6) is 11.5 Å². The van der Waals surface area contributed by atoms with E-state index in [-0.39, 0.29) is 11.5 Å². The molecule has 0 saturated carbocycles. The number of hydrogen-bond donors (Lipinski definition) is 0. The summed E-state index contributed by atoms with van der Waals surface area (Å²) in [7, 11) is 3.17. The molecule has 0 aromatic heterocycles. The molecule has 0 amide bonds. The SMILES string of the molecule is COc1cc(/C=N\N=C(/C(=O)c2ccccc2)c2ccccc2)cc(OC)c1. The summed E-state index contributed by atoms with van der Waals surface area (Å²) >= 11 is 0. The Bertz CT molecular complexity index is 975. The van der Waals surface area contributed by atoms with E-state index in [1.54, 1.807) is 38.6 Å². The topological polar surface area (TPSA) is 60.2 Å². The van der Waals surface area contributed by atoms with E-state index in [1.807, 2.05) is 60.7 Å². The van der Waals surface area contributed by atoms with E-state index in [4.69, 9.17) is 9.47 Å². The maximum atomic E-state index is 12.9. The van der Waals surface area contributed by atoms with Crippen LogP contribution in [-0.2, 0) is 0 Å². The van der Waals surface area contributed by atoms with E-state index in [1.165, 1.54) is 0 Å². The molecule has 0 N–H and O–H groups in total. The van der Waals surface area contributed by atoms with Gasteiger partial charge in [0.1, 0.15) is 17.2 Å². The predicted molar refractivity (Wildman–Crippen MR) is 111 cm³/mol. The van der Waals surface area contributed by atoms with Crippen molar-refractivity contribution in [2.45, 2.75) is 0 Å². The first kappa shape index (κ1) is 19.0. The van der Waals surface area contributed by atoms with Gasteiger partial charge in [-0.3, -0.25) is 4.79 Å². The minimum atomic E-state index is -0.188. The second-order valence-electron chi connectivity index (χ2n) is 5.90. The van der Waals surface area contributed by atoms with Gasteiger partial charge in [-0.05, 0) is 12.1 Å². The molecule has 3 aromatic rings. The van der Waals surface area contributed by atoms with Gasteiger partial charge in [-0.1, -0.05) is 60.7 Å². The van der Waals surface area contributed by atoms with Crippen molar-refractivity contribution in [1.82, 2.24) is 0 Å². The molecule has 5 heteroatoms. The van der Waals surface area contributed by atoms with E-state index in [0.29, 0.717) is 22.6 Å². The Labute approximate surface area is 164 Å². The fourth-order valence-corrected chi connectivity index (χ4v) is 2.61. The summed E-state index contributed by atoms with van der Waals surface area (Å²) in [5.41, 5.74) is 2.29. The standard InChI is InChI=1S/C23H20N2O3/c1-27-20-13-17(14-21(15-20)28-2)16-24-25-22(18-9-5-3-6-10-18)23(26)19-11-7-4-8-12-19/h3-16H,1-2H3/b24-16-,25-22-. The highest BCUT2D eigenvalue weighted by atomic mass is 16.5. The smallest absolute Gasteiger partial charge is 0.213 e. The Kier molecular flexibility index (Phi) is 6.31. The fourth-order valence-electron chi connectivity index (χ4n) is 2.61. The number of ketones is 1. The quantitative estimate of drug-likeness (QED) is 0.351. The van der Waals surface area contributed by atoms with Gasteiger partial charge in [-0.15, -0.1) is 5.10 Å². The molecule has 3 aromatic carbocycles. The Balaban J connectivity index is 1.96. The lowest BCUT2D eigenvalue weighted by Crippen LogP contribution is -2.15. The number of Topliss-reactive ketones (excluding diaryl/α,β-unsaturated/α-hetero) is 1. The number of ether oxygens (including phenoxy) is 2. The molecular formula is C23H20N2O3. The molecule has 5 nitrogen and oxygen atoms in total. The molecule has 0 radical (unpaired) electrons. The van der Waals surface area contributed by atoms with Crippen LogP contribution in [0.15, 0.2) is 89.1 Å². The van der Waals surface area contributed by atoms with Crippen molar-refractivity contribution in [3.05, 3.63) is 95.6 Å². The number of carbonyl (C=O) groups excluding carboxylic acids is 1. The third kappa shape index (κ3) is 4.71. The maximum Gasteiger partial charge on any atom is 0.213 e. The van der Waals surface area contributed by atoms with E-state index in [0.717, 1.165) is 5.56 Å². The molecule has 140 valence electrons. The van der Waals surface area contributed by atoms with Crippen LogP contribution in [0.1, 0.15) is 21.5 Å². The fraction of sp³-hybridized carbons (Fsp3) is 0.0870. The highest BCUT2D eigenvalue weighted by molar-refractivity contribution is 6.51. The van der Waals surface area contributed by atoms with Gasteiger partial charge in [0.25, 0.3) is 0 Å². The van der Waals surface area contributed by atoms with Crippen LogP contribution >= 0.6 is 0 Å². The van der Waals surface area contributed by atoms with Crippen molar-refractivity contribution in [2.75, 3.05) is 14.2 Å². The van der Waals surface area contributed by atoms with Crippen molar-refractivity contribution >= 4 is 17.7 Å². The van der Waals surface area contributed by atoms with Crippen LogP contribution in [0.2, 0.25) is 0 Å². The van der Waals surface area contributed by atoms with Crippen LogP contribution in [0.4, 0.5) is 0 Å². The molecule has 0 spiro atoms. The largest absolute Gasteiger partial charge is 0.497 e. The minimum Gasteiger partial charge on any atom is -0.497 e. The molecule has 3 rings (SSSR count). The molecule has 0 fully saturated rings. The van der Waals surface area contributed by atoms with Crippen molar-refractivity contribution in [2.24, 2.45) is 10.2 Å². The lowest BCUT2D eigenvalue weighted by Gasteiger charge is -2.06. The highest BCUT2D eigenvalue weighted by Gasteiger charge is 2.16. The van der Waals surface area contributed by atoms with Crippen molar-refractivity contribution < 1.29 is 14.3 Å². The molecule has 0 unspecified atom stereocenters. The van der Waals surface area contributed by atoms with Crippen molar-refractivity contribution in [1.29, 1.82) is 0 Å². The molecule has 0 bridgehead atoms. The zero-order valence-corrected chi connectivity index (χ0v) is 15.7. The van der Waals surface area contributed by atoms with Crippen molar-refractivity contribution in [3.8, 4) is 11.5 Å². The molecule has 0 atom stereocenters. The summed E-state index contributed by atoms with van der Waals surface area (Å²) in [6.07, 6.45) is 1.56. The summed E-state index contributed by atoms with van der Waals surface area (Å²) in [6.45, 7) is 0. The van der Waals surface area contributed by atoms with Gasteiger partial charge < -0.3 is 9.47 Å². The van der Waals surface area contributed by atoms with Gasteiger partial charge in [0.15, 0.2) is 0 Å². The van der Waals surface area contributed by atoms with Gasteiger partial charge in [0.2, 0.25) is 5.78 Å². The summed E-state index contributed by atoms with van der Waals surface area (Å²) in [6, 6.07) is 23.7. The Morgan fingerprint density at radius 2 is 1.32 bits per heavy atom. The summed E-state index contributed by atoms with van der Waals surface area (Å²) in [5.74, 6) is 1.11. The third-order valence-corrected chi connectivity index (χ3v) is 4.04. The molecule has 0 aliphatic rings. The van der Waals surface area contributed by atoms with E-state index in [2.05, 4.69) is 10.2 Å². The first-order chi connectivity index (χ1) is 13.7. The first-order valence-electron chi connectivity index (χ1n) is 8.70. The zero-order valence-electron chi connectivity index (χ0n) is 15.7. The van der Waals surface area contributed by atoms with Gasteiger partial charge in [0.05, 0.1) is 20.4 Å². The molecule has 0 saturated heterocycles. The highest BCUT2D eigenvalue weighted by Crippen LogP contribution is 2.21. The number of hydrogen-bond acceptors (Lipinski definition) is 5. The van der Waals surface area contributed by atoms with Crippen LogP contribution in [0.3, 0.4) is 0 Å². The predicted octanol–water partition coefficient (Wildman–Crippen LogP) is 4.41. The third-order valence-electron chi connectivity index (χ3n) is 4.04. The van der Waals surface area contributed by atoms with E-state index in [9.17, 15) is 4.79 Å². The number of benzene rings is 3. The van der Waals surface area contributed by atoms with Gasteiger partial charge in [-0.2, -0.15) is 5.10 Å². The van der Waals surface area contributed by atoms with Crippen LogP contribution in [-0.4, -0.2) is 31.9 Å². The van der Waals surface area contributed by atoms with E-state index >= 15 is 0 Å². The minimum absolute atomic E-state index is 0.188. The first-order valence-corrected chi connectivity index (χ1v) is 8.70. The zero-order chi connectivity index (χ0) is 19.8. The molecular weight excluding hydrogens is 352 g/mol. The van der Waals surface area contributed by atoms with Crippen LogP contribution < -0.4 is 9.47 Å². The second kappa shape index (κ2) is 9.28. The monoisotopic (exact) mass is 372 g/mol. The number of carbonyl (C=O) groups is 1. The molecule has 0 heterocycles. The Hall–Kier alpha value is -3.73. The average molecular weight is 372 g/mol. The summed E-state index contributed by atoms with van der Waals surface area (Å²) < 4.78 is 10.5. The number of rotatable bonds is 7. The number of nitrogens with zero attached hydrogens (tertiary/aromatic N) is 2. The Morgan fingerprint density at radius 1 is 0.786 bits per heavy atom. The summed E-state index contributed by atoms with van der Waals surface area (Å²) in [4.78, 5) is 12.9. The lowest BCUT2D eigenvalue weighted by molar-refractivity contribution is 0.106. The normalized spacial score (nSPS) is 11.4. The van der Waals surface area contributed by atoms with Gasteiger partial charge in [-0.25, -0.2) is 0 Å². The van der Waals surface area contributed by atoms with Crippen molar-refractivity contribution in [3.63, 3.8) is 0 Å². The molecule has 28 heavy (non-hydrogen) atoms. The molecule has 0 aliphatic carbocycles. The number of methoxy groups -OCH3 is 2. The Morgan fingerprint density at radius 3 is 1.86 bits per heavy atom. The summed E-state index contributed by atoms with van der Waals surface area (Å²) in [5, 5.41) is 8.38. The maximum absolute atomic E-state index is 12.9. The molecule has 0 aliphatic heterocycles. The van der Waals surface area contributed by atoms with Crippen LogP contribution in [0.25, 0.3) is 0 Å². The van der Waals surface area contributed by atoms with E-state index < -0.39 is 0 Å².